The van der Waals surface area contributed by atoms with Gasteiger partial charge in [-0.05, 0) is 47.0 Å². The Labute approximate surface area is 187 Å². The number of carbonyl (C=O) groups excluding carboxylic acids is 1. The molecule has 0 aliphatic rings. The number of anilines is 1. The molecule has 0 atom stereocenters. The number of amides is 1. The second-order valence-corrected chi connectivity index (χ2v) is 9.18. The normalized spacial score (nSPS) is 10.9. The first-order valence-corrected chi connectivity index (χ1v) is 11.4. The predicted molar refractivity (Wildman–Crippen MR) is 124 cm³/mol. The molecule has 0 saturated heterocycles. The van der Waals surface area contributed by atoms with Crippen molar-refractivity contribution in [3.05, 3.63) is 76.8 Å². The van der Waals surface area contributed by atoms with Crippen LogP contribution >= 0.6 is 34.7 Å². The molecule has 1 aromatic heterocycles. The second-order valence-electron chi connectivity index (χ2n) is 6.55. The fourth-order valence-corrected chi connectivity index (χ4v) is 4.95. The van der Waals surface area contributed by atoms with Crippen molar-refractivity contribution < 1.29 is 9.53 Å². The quantitative estimate of drug-likeness (QED) is 0.275. The summed E-state index contributed by atoms with van der Waals surface area (Å²) in [6, 6.07) is 19.9. The zero-order chi connectivity index (χ0) is 20.9. The summed E-state index contributed by atoms with van der Waals surface area (Å²) in [5.41, 5.74) is 2.11. The average molecular weight is 456 g/mol. The van der Waals surface area contributed by atoms with E-state index in [1.807, 2.05) is 19.1 Å². The minimum Gasteiger partial charge on any atom is -0.483 e. The Morgan fingerprint density at radius 2 is 1.97 bits per heavy atom. The second kappa shape index (κ2) is 9.47. The van der Waals surface area contributed by atoms with Crippen molar-refractivity contribution in [1.82, 2.24) is 10.2 Å². The van der Waals surface area contributed by atoms with Crippen molar-refractivity contribution in [3.63, 3.8) is 0 Å². The lowest BCUT2D eigenvalue weighted by Gasteiger charge is -2.08. The highest BCUT2D eigenvalue weighted by Gasteiger charge is 2.11. The molecule has 4 rings (SSSR count). The monoisotopic (exact) mass is 455 g/mol. The standard InChI is InChI=1S/C22H18ClN3O2S2/c1-14-11-17(23)9-10-19(14)28-12-20(27)24-21-25-26-22(30-21)29-13-16-7-4-6-15-5-2-3-8-18(15)16/h2-11H,12-13H2,1H3,(H,24,25,27). The molecule has 0 aliphatic carbocycles. The molecular weight excluding hydrogens is 438 g/mol. The number of fused-ring (bicyclic) bond motifs is 1. The third-order valence-corrected chi connectivity index (χ3v) is 6.64. The molecule has 152 valence electrons. The molecule has 8 heteroatoms. The number of aryl methyl sites for hydroxylation is 1. The molecule has 0 saturated carbocycles. The predicted octanol–water partition coefficient (Wildman–Crippen LogP) is 5.96. The van der Waals surface area contributed by atoms with E-state index in [2.05, 4.69) is 45.8 Å². The Morgan fingerprint density at radius 1 is 1.13 bits per heavy atom. The maximum absolute atomic E-state index is 12.2. The van der Waals surface area contributed by atoms with Gasteiger partial charge in [0.15, 0.2) is 10.9 Å². The summed E-state index contributed by atoms with van der Waals surface area (Å²) in [5.74, 6) is 1.12. The first-order chi connectivity index (χ1) is 14.6. The van der Waals surface area contributed by atoms with Crippen molar-refractivity contribution in [2.24, 2.45) is 0 Å². The molecule has 0 spiro atoms. The summed E-state index contributed by atoms with van der Waals surface area (Å²) in [5, 5.41) is 14.5. The van der Waals surface area contributed by atoms with Crippen LogP contribution in [0.4, 0.5) is 5.13 Å². The highest BCUT2D eigenvalue weighted by molar-refractivity contribution is 8.00. The molecule has 5 nitrogen and oxygen atoms in total. The average Bonchev–Trinajstić information content (AvgIpc) is 3.18. The number of hydrogen-bond donors (Lipinski definition) is 1. The van der Waals surface area contributed by atoms with E-state index in [9.17, 15) is 4.79 Å². The third kappa shape index (κ3) is 5.11. The van der Waals surface area contributed by atoms with Gasteiger partial charge in [0, 0.05) is 10.8 Å². The van der Waals surface area contributed by atoms with Crippen molar-refractivity contribution in [1.29, 1.82) is 0 Å². The van der Waals surface area contributed by atoms with Crippen LogP contribution in [0.25, 0.3) is 10.8 Å². The molecule has 0 aliphatic heterocycles. The van der Waals surface area contributed by atoms with E-state index in [0.717, 1.165) is 15.7 Å². The number of carbonyl (C=O) groups is 1. The van der Waals surface area contributed by atoms with Gasteiger partial charge in [0.25, 0.3) is 5.91 Å². The zero-order valence-corrected chi connectivity index (χ0v) is 18.5. The SMILES string of the molecule is Cc1cc(Cl)ccc1OCC(=O)Nc1nnc(SCc2cccc3ccccc23)s1. The molecule has 0 unspecified atom stereocenters. The third-order valence-electron chi connectivity index (χ3n) is 4.38. The molecule has 0 bridgehead atoms. The van der Waals surface area contributed by atoms with Crippen LogP contribution in [0.1, 0.15) is 11.1 Å². The van der Waals surface area contributed by atoms with Gasteiger partial charge < -0.3 is 4.74 Å². The number of nitrogens with zero attached hydrogens (tertiary/aromatic N) is 2. The summed E-state index contributed by atoms with van der Waals surface area (Å²) in [7, 11) is 0. The van der Waals surface area contributed by atoms with Crippen molar-refractivity contribution in [2.45, 2.75) is 17.0 Å². The molecular formula is C22H18ClN3O2S2. The van der Waals surface area contributed by atoms with Crippen LogP contribution in [-0.2, 0) is 10.5 Å². The lowest BCUT2D eigenvalue weighted by atomic mass is 10.1. The Kier molecular flexibility index (Phi) is 6.52. The van der Waals surface area contributed by atoms with E-state index in [1.165, 1.54) is 27.7 Å². The zero-order valence-electron chi connectivity index (χ0n) is 16.1. The van der Waals surface area contributed by atoms with Gasteiger partial charge in [0.05, 0.1) is 0 Å². The van der Waals surface area contributed by atoms with E-state index in [4.69, 9.17) is 16.3 Å². The Morgan fingerprint density at radius 3 is 2.83 bits per heavy atom. The molecule has 1 N–H and O–H groups in total. The van der Waals surface area contributed by atoms with Gasteiger partial charge >= 0.3 is 0 Å². The lowest BCUT2D eigenvalue weighted by Crippen LogP contribution is -2.20. The van der Waals surface area contributed by atoms with Gasteiger partial charge in [-0.15, -0.1) is 10.2 Å². The minimum atomic E-state index is -0.286. The van der Waals surface area contributed by atoms with Crippen molar-refractivity contribution in [3.8, 4) is 5.75 Å². The fraction of sp³-hybridized carbons (Fsp3) is 0.136. The van der Waals surface area contributed by atoms with E-state index < -0.39 is 0 Å². The van der Waals surface area contributed by atoms with E-state index >= 15 is 0 Å². The van der Waals surface area contributed by atoms with Gasteiger partial charge in [0.1, 0.15) is 5.75 Å². The maximum Gasteiger partial charge on any atom is 0.264 e. The van der Waals surface area contributed by atoms with Crippen molar-refractivity contribution in [2.75, 3.05) is 11.9 Å². The van der Waals surface area contributed by atoms with Crippen LogP contribution in [0.3, 0.4) is 0 Å². The number of halogens is 1. The number of ether oxygens (including phenoxy) is 1. The van der Waals surface area contributed by atoms with E-state index in [1.54, 1.807) is 30.0 Å². The Bertz CT molecular complexity index is 1190. The Hall–Kier alpha value is -2.61. The van der Waals surface area contributed by atoms with Gasteiger partial charge in [0.2, 0.25) is 5.13 Å². The summed E-state index contributed by atoms with van der Waals surface area (Å²) in [6.07, 6.45) is 0. The molecule has 30 heavy (non-hydrogen) atoms. The number of hydrogen-bond acceptors (Lipinski definition) is 6. The topological polar surface area (TPSA) is 64.1 Å². The first kappa shape index (κ1) is 20.7. The summed E-state index contributed by atoms with van der Waals surface area (Å²) < 4.78 is 6.36. The largest absolute Gasteiger partial charge is 0.483 e. The van der Waals surface area contributed by atoms with Crippen LogP contribution in [0.2, 0.25) is 5.02 Å². The number of thioether (sulfide) groups is 1. The number of rotatable bonds is 7. The van der Waals surface area contributed by atoms with Gasteiger partial charge in [-0.25, -0.2) is 0 Å². The highest BCUT2D eigenvalue weighted by Crippen LogP contribution is 2.30. The van der Waals surface area contributed by atoms with Crippen molar-refractivity contribution >= 4 is 56.5 Å². The number of benzene rings is 3. The van der Waals surface area contributed by atoms with Gasteiger partial charge in [-0.2, -0.15) is 0 Å². The van der Waals surface area contributed by atoms with E-state index in [0.29, 0.717) is 15.9 Å². The number of nitrogens with one attached hydrogen (secondary N) is 1. The fourth-order valence-electron chi connectivity index (χ4n) is 2.95. The van der Waals surface area contributed by atoms with Gasteiger partial charge in [-0.1, -0.05) is 77.2 Å². The molecule has 4 aromatic rings. The molecule has 0 fully saturated rings. The smallest absolute Gasteiger partial charge is 0.264 e. The number of aromatic nitrogens is 2. The minimum absolute atomic E-state index is 0.111. The van der Waals surface area contributed by atoms with Crippen LogP contribution < -0.4 is 10.1 Å². The van der Waals surface area contributed by atoms with Gasteiger partial charge in [-0.3, -0.25) is 10.1 Å². The molecule has 3 aromatic carbocycles. The summed E-state index contributed by atoms with van der Waals surface area (Å²) in [4.78, 5) is 12.2. The summed E-state index contributed by atoms with van der Waals surface area (Å²) in [6.45, 7) is 1.77. The summed E-state index contributed by atoms with van der Waals surface area (Å²) >= 11 is 8.88. The van der Waals surface area contributed by atoms with Crippen LogP contribution in [-0.4, -0.2) is 22.7 Å². The van der Waals surface area contributed by atoms with Crippen LogP contribution in [0, 0.1) is 6.92 Å². The molecule has 1 heterocycles. The maximum atomic E-state index is 12.2. The lowest BCUT2D eigenvalue weighted by molar-refractivity contribution is -0.118. The molecule has 0 radical (unpaired) electrons. The Balaban J connectivity index is 1.32. The van der Waals surface area contributed by atoms with Crippen LogP contribution in [0.15, 0.2) is 65.0 Å². The molecule has 1 amide bonds. The first-order valence-electron chi connectivity index (χ1n) is 9.20. The highest BCUT2D eigenvalue weighted by atomic mass is 35.5. The van der Waals surface area contributed by atoms with E-state index in [-0.39, 0.29) is 12.5 Å². The van der Waals surface area contributed by atoms with Crippen LogP contribution in [0.5, 0.6) is 5.75 Å².